The molecule has 0 aliphatic rings. The molecule has 23 heavy (non-hydrogen) atoms. The van der Waals surface area contributed by atoms with Crippen molar-refractivity contribution in [2.24, 2.45) is 0 Å². The van der Waals surface area contributed by atoms with Crippen molar-refractivity contribution in [3.8, 4) is 0 Å². The Kier molecular flexibility index (Phi) is 8.37. The molecular formula is C16H23Cl2N3O2. The van der Waals surface area contributed by atoms with Gasteiger partial charge in [0.25, 0.3) is 0 Å². The van der Waals surface area contributed by atoms with E-state index in [2.05, 4.69) is 10.2 Å². The average molecular weight is 360 g/mol. The van der Waals surface area contributed by atoms with E-state index in [1.54, 1.807) is 18.2 Å². The molecule has 0 aliphatic heterocycles. The Bertz CT molecular complexity index is 550. The van der Waals surface area contributed by atoms with Crippen LogP contribution in [0.2, 0.25) is 10.0 Å². The van der Waals surface area contributed by atoms with Crippen molar-refractivity contribution in [1.82, 2.24) is 10.2 Å². The van der Waals surface area contributed by atoms with Gasteiger partial charge in [0.05, 0.1) is 15.7 Å². The lowest BCUT2D eigenvalue weighted by atomic mass is 10.2. The highest BCUT2D eigenvalue weighted by Gasteiger charge is 2.17. The smallest absolute Gasteiger partial charge is 0.223 e. The lowest BCUT2D eigenvalue weighted by molar-refractivity contribution is -0.121. The molecule has 0 aromatic heterocycles. The number of hydrogen-bond acceptors (Lipinski definition) is 3. The second-order valence-electron chi connectivity index (χ2n) is 5.50. The van der Waals surface area contributed by atoms with Gasteiger partial charge in [-0.15, -0.1) is 0 Å². The van der Waals surface area contributed by atoms with Crippen LogP contribution in [0.1, 0.15) is 19.8 Å². The van der Waals surface area contributed by atoms with E-state index < -0.39 is 0 Å². The molecule has 0 aliphatic carbocycles. The maximum Gasteiger partial charge on any atom is 0.223 e. The molecule has 0 unspecified atom stereocenters. The summed E-state index contributed by atoms with van der Waals surface area (Å²) in [6.45, 7) is 3.23. The molecule has 1 N–H and O–H groups in total. The summed E-state index contributed by atoms with van der Waals surface area (Å²) in [6, 6.07) is 5.09. The summed E-state index contributed by atoms with van der Waals surface area (Å²) in [5.74, 6) is -0.275. The lowest BCUT2D eigenvalue weighted by Gasteiger charge is -2.22. The van der Waals surface area contributed by atoms with Crippen molar-refractivity contribution < 1.29 is 9.59 Å². The maximum absolute atomic E-state index is 11.9. The minimum absolute atomic E-state index is 0.0897. The second kappa shape index (κ2) is 9.75. The fourth-order valence-corrected chi connectivity index (χ4v) is 2.47. The zero-order valence-corrected chi connectivity index (χ0v) is 15.2. The lowest BCUT2D eigenvalue weighted by Crippen LogP contribution is -2.34. The highest BCUT2D eigenvalue weighted by Crippen LogP contribution is 2.32. The van der Waals surface area contributed by atoms with Gasteiger partial charge in [-0.05, 0) is 39.2 Å². The van der Waals surface area contributed by atoms with Gasteiger partial charge in [-0.1, -0.05) is 29.3 Å². The molecule has 0 fully saturated rings. The second-order valence-corrected chi connectivity index (χ2v) is 6.29. The Morgan fingerprint density at radius 2 is 1.87 bits per heavy atom. The summed E-state index contributed by atoms with van der Waals surface area (Å²) in [5.41, 5.74) is 0.520. The molecule has 0 saturated heterocycles. The number of carbonyl (C=O) groups is 2. The Hall–Kier alpha value is -1.30. The van der Waals surface area contributed by atoms with Gasteiger partial charge in [0.2, 0.25) is 11.8 Å². The highest BCUT2D eigenvalue weighted by molar-refractivity contribution is 6.44. The number of rotatable bonds is 8. The third-order valence-electron chi connectivity index (χ3n) is 3.27. The van der Waals surface area contributed by atoms with Crippen LogP contribution in [0.4, 0.5) is 5.69 Å². The molecule has 1 aromatic carbocycles. The summed E-state index contributed by atoms with van der Waals surface area (Å²) in [5, 5.41) is 3.54. The van der Waals surface area contributed by atoms with Crippen molar-refractivity contribution in [2.45, 2.75) is 19.8 Å². The van der Waals surface area contributed by atoms with E-state index in [1.165, 1.54) is 11.8 Å². The molecule has 0 atom stereocenters. The van der Waals surface area contributed by atoms with Crippen LogP contribution in [0.5, 0.6) is 0 Å². The van der Waals surface area contributed by atoms with E-state index in [0.717, 1.165) is 13.0 Å². The van der Waals surface area contributed by atoms with Gasteiger partial charge < -0.3 is 15.1 Å². The zero-order valence-electron chi connectivity index (χ0n) is 13.7. The maximum atomic E-state index is 11.9. The molecule has 128 valence electrons. The third kappa shape index (κ3) is 6.77. The van der Waals surface area contributed by atoms with Crippen LogP contribution in [-0.2, 0) is 9.59 Å². The number of amides is 2. The minimum atomic E-state index is -0.186. The number of halogens is 2. The number of anilines is 1. The monoisotopic (exact) mass is 359 g/mol. The number of carbonyl (C=O) groups excluding carboxylic acids is 2. The van der Waals surface area contributed by atoms with Crippen LogP contribution in [0.25, 0.3) is 0 Å². The van der Waals surface area contributed by atoms with Crippen LogP contribution >= 0.6 is 23.2 Å². The summed E-state index contributed by atoms with van der Waals surface area (Å²) in [6.07, 6.45) is 1.10. The molecule has 1 aromatic rings. The van der Waals surface area contributed by atoms with E-state index in [0.29, 0.717) is 22.3 Å². The van der Waals surface area contributed by atoms with Crippen molar-refractivity contribution in [2.75, 3.05) is 38.6 Å². The van der Waals surface area contributed by atoms with Gasteiger partial charge in [-0.2, -0.15) is 0 Å². The third-order valence-corrected chi connectivity index (χ3v) is 4.08. The molecule has 1 rings (SSSR count). The molecular weight excluding hydrogens is 337 g/mol. The van der Waals surface area contributed by atoms with E-state index in [9.17, 15) is 9.59 Å². The summed E-state index contributed by atoms with van der Waals surface area (Å²) in [4.78, 5) is 27.2. The molecule has 0 bridgehead atoms. The topological polar surface area (TPSA) is 52.7 Å². The largest absolute Gasteiger partial charge is 0.356 e. The van der Waals surface area contributed by atoms with Gasteiger partial charge in [0.15, 0.2) is 0 Å². The van der Waals surface area contributed by atoms with Crippen LogP contribution in [-0.4, -0.2) is 50.4 Å². The van der Waals surface area contributed by atoms with Crippen molar-refractivity contribution >= 4 is 40.7 Å². The fourth-order valence-electron chi connectivity index (χ4n) is 2.07. The molecule has 0 heterocycles. The van der Waals surface area contributed by atoms with Crippen LogP contribution in [0, 0.1) is 0 Å². The molecule has 0 spiro atoms. The predicted molar refractivity (Wildman–Crippen MR) is 95.3 cm³/mol. The summed E-state index contributed by atoms with van der Waals surface area (Å²) < 4.78 is 0. The predicted octanol–water partition coefficient (Wildman–Crippen LogP) is 2.80. The molecule has 2 amide bonds. The first-order valence-corrected chi connectivity index (χ1v) is 8.22. The Balaban J connectivity index is 2.56. The quantitative estimate of drug-likeness (QED) is 0.726. The van der Waals surface area contributed by atoms with Gasteiger partial charge in [0.1, 0.15) is 0 Å². The van der Waals surface area contributed by atoms with E-state index in [1.807, 2.05) is 14.1 Å². The van der Waals surface area contributed by atoms with Crippen LogP contribution in [0.3, 0.4) is 0 Å². The van der Waals surface area contributed by atoms with Gasteiger partial charge in [-0.25, -0.2) is 0 Å². The summed E-state index contributed by atoms with van der Waals surface area (Å²) >= 11 is 12.1. The number of nitrogens with zero attached hydrogens (tertiary/aromatic N) is 2. The van der Waals surface area contributed by atoms with Crippen molar-refractivity contribution in [1.29, 1.82) is 0 Å². The molecule has 7 heteroatoms. The Labute approximate surface area is 147 Å². The molecule has 5 nitrogen and oxygen atoms in total. The van der Waals surface area contributed by atoms with Crippen molar-refractivity contribution in [3.05, 3.63) is 28.2 Å². The Morgan fingerprint density at radius 3 is 2.48 bits per heavy atom. The SMILES string of the molecule is CC(=O)N(CCC(=O)NCCCN(C)C)c1cccc(Cl)c1Cl. The molecule has 0 radical (unpaired) electrons. The van der Waals surface area contributed by atoms with Crippen LogP contribution in [0.15, 0.2) is 18.2 Å². The Morgan fingerprint density at radius 1 is 1.17 bits per heavy atom. The number of nitrogens with one attached hydrogen (secondary N) is 1. The normalized spacial score (nSPS) is 10.7. The minimum Gasteiger partial charge on any atom is -0.356 e. The fraction of sp³-hybridized carbons (Fsp3) is 0.500. The van der Waals surface area contributed by atoms with E-state index in [-0.39, 0.29) is 24.8 Å². The summed E-state index contributed by atoms with van der Waals surface area (Å²) in [7, 11) is 3.97. The average Bonchev–Trinajstić information content (AvgIpc) is 2.47. The van der Waals surface area contributed by atoms with Gasteiger partial charge in [-0.3, -0.25) is 9.59 Å². The highest BCUT2D eigenvalue weighted by atomic mass is 35.5. The van der Waals surface area contributed by atoms with Gasteiger partial charge in [0, 0.05) is 26.4 Å². The van der Waals surface area contributed by atoms with Gasteiger partial charge >= 0.3 is 0 Å². The van der Waals surface area contributed by atoms with E-state index in [4.69, 9.17) is 23.2 Å². The first-order chi connectivity index (χ1) is 10.8. The van der Waals surface area contributed by atoms with Crippen LogP contribution < -0.4 is 10.2 Å². The number of hydrogen-bond donors (Lipinski definition) is 1. The molecule has 0 saturated carbocycles. The first-order valence-electron chi connectivity index (χ1n) is 7.46. The van der Waals surface area contributed by atoms with E-state index >= 15 is 0 Å². The van der Waals surface area contributed by atoms with Crippen molar-refractivity contribution in [3.63, 3.8) is 0 Å². The zero-order chi connectivity index (χ0) is 17.4. The standard InChI is InChI=1S/C16H23Cl2N3O2/c1-12(22)21(14-7-4-6-13(17)16(14)18)11-8-15(23)19-9-5-10-20(2)3/h4,6-7H,5,8-11H2,1-3H3,(H,19,23). The number of benzene rings is 1. The first kappa shape index (κ1) is 19.7.